The van der Waals surface area contributed by atoms with Crippen molar-refractivity contribution in [2.24, 2.45) is 0 Å². The molecule has 9 heteroatoms. The highest BCUT2D eigenvalue weighted by molar-refractivity contribution is 7.15. The molecule has 1 aromatic carbocycles. The maximum atomic E-state index is 12.7. The number of carbonyl (C=O) groups excluding carboxylic acids is 3. The van der Waals surface area contributed by atoms with Crippen molar-refractivity contribution < 1.29 is 19.1 Å². The maximum Gasteiger partial charge on any atom is 0.261 e. The van der Waals surface area contributed by atoms with Gasteiger partial charge in [-0.3, -0.25) is 24.6 Å². The van der Waals surface area contributed by atoms with Gasteiger partial charge in [0.25, 0.3) is 17.7 Å². The van der Waals surface area contributed by atoms with Gasteiger partial charge >= 0.3 is 0 Å². The van der Waals surface area contributed by atoms with Gasteiger partial charge in [0.15, 0.2) is 0 Å². The van der Waals surface area contributed by atoms with Gasteiger partial charge in [-0.25, -0.2) is 0 Å². The van der Waals surface area contributed by atoms with Crippen LogP contribution in [-0.4, -0.2) is 52.1 Å². The number of nitrogens with one attached hydrogen (secondary N) is 1. The molecule has 0 radical (unpaired) electrons. The molecule has 1 aliphatic carbocycles. The van der Waals surface area contributed by atoms with Crippen molar-refractivity contribution in [2.45, 2.75) is 51.6 Å². The first-order chi connectivity index (χ1) is 14.4. The molecule has 4 rings (SSSR count). The van der Waals surface area contributed by atoms with Crippen LogP contribution in [0, 0.1) is 0 Å². The molecule has 2 heterocycles. The summed E-state index contributed by atoms with van der Waals surface area (Å²) in [4.78, 5) is 39.1. The molecule has 2 aliphatic rings. The molecule has 2 aromatic rings. The Morgan fingerprint density at radius 2 is 2.00 bits per heavy atom. The van der Waals surface area contributed by atoms with Crippen LogP contribution in [-0.2, 0) is 4.74 Å². The van der Waals surface area contributed by atoms with Crippen LogP contribution in [0.5, 0.6) is 0 Å². The first kappa shape index (κ1) is 20.6. The molecule has 30 heavy (non-hydrogen) atoms. The lowest BCUT2D eigenvalue weighted by molar-refractivity contribution is 0.0566. The summed E-state index contributed by atoms with van der Waals surface area (Å²) in [5, 5.41) is 12.3. The number of fused-ring (bicyclic) bond motifs is 1. The summed E-state index contributed by atoms with van der Waals surface area (Å²) in [7, 11) is 0. The van der Waals surface area contributed by atoms with E-state index in [9.17, 15) is 14.4 Å². The quantitative estimate of drug-likeness (QED) is 0.510. The second kappa shape index (κ2) is 8.61. The standard InChI is InChI=1S/C21H24N4O4S/c1-12(2)29-10-4-9-25-19(27)15-8-7-14(11-16(15)20(25)28)17(26)22-21-24-23-18(30-21)13-5-3-6-13/h7-8,11-13H,3-6,9-10H2,1-2H3,(H,22,24,26). The minimum atomic E-state index is -0.377. The Kier molecular flexibility index (Phi) is 5.92. The number of imide groups is 1. The van der Waals surface area contributed by atoms with Crippen LogP contribution in [0.15, 0.2) is 18.2 Å². The molecule has 3 amide bonds. The molecular weight excluding hydrogens is 404 g/mol. The lowest BCUT2D eigenvalue weighted by Gasteiger charge is -2.21. The van der Waals surface area contributed by atoms with Gasteiger partial charge in [0, 0.05) is 24.6 Å². The normalized spacial score (nSPS) is 16.2. The van der Waals surface area contributed by atoms with E-state index in [1.54, 1.807) is 6.07 Å². The Hall–Kier alpha value is -2.65. The Bertz CT molecular complexity index is 983. The first-order valence-electron chi connectivity index (χ1n) is 10.2. The number of nitrogens with zero attached hydrogens (tertiary/aromatic N) is 3. The fourth-order valence-electron chi connectivity index (χ4n) is 3.45. The molecule has 8 nitrogen and oxygen atoms in total. The van der Waals surface area contributed by atoms with Gasteiger partial charge in [0.05, 0.1) is 17.2 Å². The summed E-state index contributed by atoms with van der Waals surface area (Å²) < 4.78 is 5.47. The predicted octanol–water partition coefficient (Wildman–Crippen LogP) is 3.47. The number of benzene rings is 1. The Balaban J connectivity index is 1.41. The van der Waals surface area contributed by atoms with Crippen LogP contribution in [0.3, 0.4) is 0 Å². The minimum absolute atomic E-state index is 0.103. The molecular formula is C21H24N4O4S. The highest BCUT2D eigenvalue weighted by atomic mass is 32.1. The summed E-state index contributed by atoms with van der Waals surface area (Å²) in [5.41, 5.74) is 0.884. The lowest BCUT2D eigenvalue weighted by Crippen LogP contribution is -2.31. The third kappa shape index (κ3) is 4.13. The SMILES string of the molecule is CC(C)OCCCN1C(=O)c2ccc(C(=O)Nc3nnc(C4CCC4)s3)cc2C1=O. The Morgan fingerprint density at radius 3 is 2.70 bits per heavy atom. The molecule has 158 valence electrons. The van der Waals surface area contributed by atoms with Crippen molar-refractivity contribution >= 4 is 34.2 Å². The number of ether oxygens (including phenoxy) is 1. The van der Waals surface area contributed by atoms with Crippen molar-refractivity contribution in [3.63, 3.8) is 0 Å². The monoisotopic (exact) mass is 428 g/mol. The number of hydrogen-bond donors (Lipinski definition) is 1. The molecule has 1 fully saturated rings. The zero-order valence-corrected chi connectivity index (χ0v) is 17.8. The summed E-state index contributed by atoms with van der Waals surface area (Å²) >= 11 is 1.38. The molecule has 0 atom stereocenters. The van der Waals surface area contributed by atoms with Gasteiger partial charge in [-0.15, -0.1) is 10.2 Å². The number of aromatic nitrogens is 2. The zero-order valence-electron chi connectivity index (χ0n) is 17.0. The minimum Gasteiger partial charge on any atom is -0.379 e. The van der Waals surface area contributed by atoms with E-state index in [-0.39, 0.29) is 35.9 Å². The van der Waals surface area contributed by atoms with Gasteiger partial charge < -0.3 is 4.74 Å². The fourth-order valence-corrected chi connectivity index (χ4v) is 4.36. The van der Waals surface area contributed by atoms with Gasteiger partial charge in [-0.1, -0.05) is 17.8 Å². The predicted molar refractivity (Wildman–Crippen MR) is 112 cm³/mol. The summed E-state index contributed by atoms with van der Waals surface area (Å²) in [6.07, 6.45) is 4.10. The van der Waals surface area contributed by atoms with Gasteiger partial charge in [0.1, 0.15) is 5.01 Å². The van der Waals surface area contributed by atoms with Crippen molar-refractivity contribution in [3.05, 3.63) is 39.9 Å². The second-order valence-electron chi connectivity index (χ2n) is 7.82. The average Bonchev–Trinajstić information content (AvgIpc) is 3.21. The number of hydrogen-bond acceptors (Lipinski definition) is 7. The Labute approximate surface area is 178 Å². The van der Waals surface area contributed by atoms with Gasteiger partial charge in [-0.2, -0.15) is 0 Å². The van der Waals surface area contributed by atoms with E-state index in [0.29, 0.717) is 35.2 Å². The highest BCUT2D eigenvalue weighted by Gasteiger charge is 2.35. The van der Waals surface area contributed by atoms with Crippen molar-refractivity contribution in [2.75, 3.05) is 18.5 Å². The molecule has 0 unspecified atom stereocenters. The molecule has 0 saturated heterocycles. The average molecular weight is 429 g/mol. The molecule has 1 aliphatic heterocycles. The molecule has 0 spiro atoms. The third-order valence-corrected chi connectivity index (χ3v) is 6.33. The zero-order chi connectivity index (χ0) is 21.3. The molecule has 1 N–H and O–H groups in total. The number of amides is 3. The van der Waals surface area contributed by atoms with Crippen LogP contribution >= 0.6 is 11.3 Å². The topological polar surface area (TPSA) is 101 Å². The van der Waals surface area contributed by atoms with Crippen LogP contribution < -0.4 is 5.32 Å². The van der Waals surface area contributed by atoms with E-state index in [1.165, 1.54) is 34.8 Å². The van der Waals surface area contributed by atoms with E-state index >= 15 is 0 Å². The number of carbonyl (C=O) groups is 3. The van der Waals surface area contributed by atoms with Gasteiger partial charge in [-0.05, 0) is 51.3 Å². The van der Waals surface area contributed by atoms with E-state index in [4.69, 9.17) is 4.74 Å². The van der Waals surface area contributed by atoms with Crippen molar-refractivity contribution in [1.82, 2.24) is 15.1 Å². The molecule has 1 aromatic heterocycles. The summed E-state index contributed by atoms with van der Waals surface area (Å²) in [6, 6.07) is 4.57. The largest absolute Gasteiger partial charge is 0.379 e. The highest BCUT2D eigenvalue weighted by Crippen LogP contribution is 2.38. The van der Waals surface area contributed by atoms with Crippen LogP contribution in [0.1, 0.15) is 81.5 Å². The van der Waals surface area contributed by atoms with E-state index < -0.39 is 0 Å². The van der Waals surface area contributed by atoms with Crippen LogP contribution in [0.2, 0.25) is 0 Å². The van der Waals surface area contributed by atoms with E-state index in [0.717, 1.165) is 17.8 Å². The maximum absolute atomic E-state index is 12.7. The van der Waals surface area contributed by atoms with Crippen molar-refractivity contribution in [3.8, 4) is 0 Å². The summed E-state index contributed by atoms with van der Waals surface area (Å²) in [6.45, 7) is 4.63. The lowest BCUT2D eigenvalue weighted by atomic mass is 9.86. The fraction of sp³-hybridized carbons (Fsp3) is 0.476. The third-order valence-electron chi connectivity index (χ3n) is 5.33. The molecule has 1 saturated carbocycles. The summed E-state index contributed by atoms with van der Waals surface area (Å²) in [5.74, 6) is -0.634. The van der Waals surface area contributed by atoms with E-state index in [2.05, 4.69) is 15.5 Å². The second-order valence-corrected chi connectivity index (χ2v) is 8.83. The Morgan fingerprint density at radius 1 is 1.23 bits per heavy atom. The first-order valence-corrected chi connectivity index (χ1v) is 11.0. The smallest absolute Gasteiger partial charge is 0.261 e. The number of anilines is 1. The van der Waals surface area contributed by atoms with Crippen LogP contribution in [0.4, 0.5) is 5.13 Å². The molecule has 0 bridgehead atoms. The van der Waals surface area contributed by atoms with Crippen LogP contribution in [0.25, 0.3) is 0 Å². The van der Waals surface area contributed by atoms with Crippen molar-refractivity contribution in [1.29, 1.82) is 0 Å². The van der Waals surface area contributed by atoms with E-state index in [1.807, 2.05) is 13.8 Å². The van der Waals surface area contributed by atoms with Gasteiger partial charge in [0.2, 0.25) is 5.13 Å². The number of rotatable bonds is 8.